The molecule has 0 unspecified atom stereocenters. The number of carbonyl (C=O) groups excluding carboxylic acids is 1. The van der Waals surface area contributed by atoms with E-state index >= 15 is 0 Å². The van der Waals surface area contributed by atoms with Gasteiger partial charge in [-0.05, 0) is 41.5 Å². The van der Waals surface area contributed by atoms with Crippen LogP contribution in [-0.4, -0.2) is 39.7 Å². The first-order valence-corrected chi connectivity index (χ1v) is 10.7. The van der Waals surface area contributed by atoms with E-state index in [1.807, 2.05) is 71.6 Å². The number of hydrogen-bond acceptors (Lipinski definition) is 4. The van der Waals surface area contributed by atoms with Gasteiger partial charge in [0, 0.05) is 49.4 Å². The molecule has 33 heavy (non-hydrogen) atoms. The molecule has 0 N–H and O–H groups in total. The van der Waals surface area contributed by atoms with Gasteiger partial charge < -0.3 is 9.64 Å². The average molecular weight is 439 g/mol. The van der Waals surface area contributed by atoms with E-state index < -0.39 is 0 Å². The summed E-state index contributed by atoms with van der Waals surface area (Å²) in [6.07, 6.45) is 8.88. The molecule has 4 aromatic rings. The summed E-state index contributed by atoms with van der Waals surface area (Å²) in [5, 5.41) is 4.77. The summed E-state index contributed by atoms with van der Waals surface area (Å²) in [4.78, 5) is 18.7. The third-order valence-electron chi connectivity index (χ3n) is 5.25. The van der Waals surface area contributed by atoms with Crippen molar-refractivity contribution >= 4 is 12.0 Å². The van der Waals surface area contributed by atoms with Crippen molar-refractivity contribution in [3.8, 4) is 17.0 Å². The van der Waals surface area contributed by atoms with Crippen LogP contribution in [0, 0.1) is 0 Å². The molecule has 0 atom stereocenters. The van der Waals surface area contributed by atoms with Crippen LogP contribution in [0.2, 0.25) is 0 Å². The Labute approximate surface area is 193 Å². The van der Waals surface area contributed by atoms with E-state index in [9.17, 15) is 4.79 Å². The highest BCUT2D eigenvalue weighted by molar-refractivity contribution is 5.92. The zero-order valence-corrected chi connectivity index (χ0v) is 18.8. The third kappa shape index (κ3) is 5.74. The molecule has 0 saturated heterocycles. The van der Waals surface area contributed by atoms with Crippen molar-refractivity contribution in [1.82, 2.24) is 19.7 Å². The number of aromatic nitrogens is 3. The molecule has 2 aromatic heterocycles. The molecule has 0 bridgehead atoms. The largest absolute Gasteiger partial charge is 0.497 e. The second-order valence-corrected chi connectivity index (χ2v) is 7.74. The Morgan fingerprint density at radius 3 is 2.64 bits per heavy atom. The van der Waals surface area contributed by atoms with Gasteiger partial charge in [0.1, 0.15) is 11.4 Å². The Morgan fingerprint density at radius 2 is 1.88 bits per heavy atom. The fourth-order valence-corrected chi connectivity index (χ4v) is 3.55. The van der Waals surface area contributed by atoms with E-state index in [0.717, 1.165) is 33.7 Å². The van der Waals surface area contributed by atoms with Gasteiger partial charge in [-0.2, -0.15) is 5.10 Å². The molecule has 0 aliphatic heterocycles. The molecule has 0 aliphatic carbocycles. The molecule has 1 amide bonds. The van der Waals surface area contributed by atoms with Crippen molar-refractivity contribution in [2.75, 3.05) is 14.2 Å². The molecule has 0 aliphatic rings. The Bertz CT molecular complexity index is 1230. The highest BCUT2D eigenvalue weighted by Crippen LogP contribution is 2.23. The van der Waals surface area contributed by atoms with Gasteiger partial charge in [0.2, 0.25) is 5.91 Å². The number of hydrogen-bond donors (Lipinski definition) is 0. The van der Waals surface area contributed by atoms with Crippen LogP contribution in [-0.2, 0) is 17.9 Å². The van der Waals surface area contributed by atoms with Gasteiger partial charge in [0.25, 0.3) is 0 Å². The van der Waals surface area contributed by atoms with E-state index in [-0.39, 0.29) is 5.91 Å². The summed E-state index contributed by atoms with van der Waals surface area (Å²) >= 11 is 0. The lowest BCUT2D eigenvalue weighted by Crippen LogP contribution is -2.24. The van der Waals surface area contributed by atoms with Crippen molar-refractivity contribution in [2.45, 2.75) is 13.1 Å². The molecule has 6 heteroatoms. The fraction of sp³-hybridized carbons (Fsp3) is 0.148. The topological polar surface area (TPSA) is 60.2 Å². The minimum Gasteiger partial charge on any atom is -0.497 e. The van der Waals surface area contributed by atoms with Gasteiger partial charge >= 0.3 is 0 Å². The fourth-order valence-electron chi connectivity index (χ4n) is 3.55. The summed E-state index contributed by atoms with van der Waals surface area (Å²) in [5.41, 5.74) is 4.72. The van der Waals surface area contributed by atoms with Crippen LogP contribution >= 0.6 is 0 Å². The standard InChI is InChI=1S/C27H26N4O2/c1-30(18-22-10-6-12-25(16-22)33-2)26(32)14-13-24-20-31(19-21-8-4-3-5-9-21)29-27(24)23-11-7-15-28-17-23/h3-17,20H,18-19H2,1-2H3/b14-13+. The molecule has 0 radical (unpaired) electrons. The molecule has 4 rings (SSSR count). The number of benzene rings is 2. The highest BCUT2D eigenvalue weighted by Gasteiger charge is 2.12. The minimum atomic E-state index is -0.0919. The first-order valence-electron chi connectivity index (χ1n) is 10.7. The van der Waals surface area contributed by atoms with Crippen LogP contribution in [0.4, 0.5) is 0 Å². The molecule has 0 saturated carbocycles. The monoisotopic (exact) mass is 438 g/mol. The van der Waals surface area contributed by atoms with Gasteiger partial charge in [0.05, 0.1) is 13.7 Å². The van der Waals surface area contributed by atoms with E-state index in [2.05, 4.69) is 17.1 Å². The number of rotatable bonds is 8. The van der Waals surface area contributed by atoms with Crippen molar-refractivity contribution in [1.29, 1.82) is 0 Å². The van der Waals surface area contributed by atoms with Gasteiger partial charge in [-0.25, -0.2) is 0 Å². The zero-order valence-electron chi connectivity index (χ0n) is 18.8. The quantitative estimate of drug-likeness (QED) is 0.375. The normalized spacial score (nSPS) is 11.0. The Morgan fingerprint density at radius 1 is 1.06 bits per heavy atom. The zero-order chi connectivity index (χ0) is 23.0. The second-order valence-electron chi connectivity index (χ2n) is 7.74. The third-order valence-corrected chi connectivity index (χ3v) is 5.25. The lowest BCUT2D eigenvalue weighted by molar-refractivity contribution is -0.125. The Hall–Kier alpha value is -4.19. The smallest absolute Gasteiger partial charge is 0.246 e. The maximum Gasteiger partial charge on any atom is 0.246 e. The van der Waals surface area contributed by atoms with Crippen molar-refractivity contribution in [3.05, 3.63) is 108 Å². The molecule has 6 nitrogen and oxygen atoms in total. The second kappa shape index (κ2) is 10.4. The van der Waals surface area contributed by atoms with Gasteiger partial charge in [-0.1, -0.05) is 42.5 Å². The van der Waals surface area contributed by atoms with Crippen LogP contribution in [0.25, 0.3) is 17.3 Å². The van der Waals surface area contributed by atoms with E-state index in [1.165, 1.54) is 0 Å². The predicted octanol–water partition coefficient (Wildman–Crippen LogP) is 4.67. The van der Waals surface area contributed by atoms with Crippen LogP contribution in [0.15, 0.2) is 91.4 Å². The molecule has 2 heterocycles. The van der Waals surface area contributed by atoms with Crippen molar-refractivity contribution in [3.63, 3.8) is 0 Å². The van der Waals surface area contributed by atoms with Crippen LogP contribution in [0.1, 0.15) is 16.7 Å². The maximum atomic E-state index is 12.8. The SMILES string of the molecule is COc1cccc(CN(C)C(=O)/C=C/c2cn(Cc3ccccc3)nc2-c2cccnc2)c1. The van der Waals surface area contributed by atoms with Crippen LogP contribution < -0.4 is 4.74 Å². The van der Waals surface area contributed by atoms with Crippen LogP contribution in [0.5, 0.6) is 5.75 Å². The van der Waals surface area contributed by atoms with Crippen molar-refractivity contribution < 1.29 is 9.53 Å². The molecular formula is C27H26N4O2. The Balaban J connectivity index is 1.54. The molecule has 0 fully saturated rings. The Kier molecular flexibility index (Phi) is 6.95. The maximum absolute atomic E-state index is 12.8. The number of carbonyl (C=O) groups is 1. The first-order chi connectivity index (χ1) is 16.1. The molecule has 166 valence electrons. The van der Waals surface area contributed by atoms with Gasteiger partial charge in [0.15, 0.2) is 0 Å². The summed E-state index contributed by atoms with van der Waals surface area (Å²) < 4.78 is 7.16. The number of pyridine rings is 1. The molecule has 0 spiro atoms. The lowest BCUT2D eigenvalue weighted by atomic mass is 10.1. The summed E-state index contributed by atoms with van der Waals surface area (Å²) in [6.45, 7) is 1.13. The van der Waals surface area contributed by atoms with E-state index in [1.54, 1.807) is 37.5 Å². The number of likely N-dealkylation sites (N-methyl/N-ethyl adjacent to an activating group) is 1. The van der Waals surface area contributed by atoms with Crippen LogP contribution in [0.3, 0.4) is 0 Å². The van der Waals surface area contributed by atoms with Gasteiger partial charge in [-0.3, -0.25) is 14.5 Å². The molecule has 2 aromatic carbocycles. The summed E-state index contributed by atoms with van der Waals surface area (Å²) in [7, 11) is 3.42. The van der Waals surface area contributed by atoms with Crippen molar-refractivity contribution in [2.24, 2.45) is 0 Å². The van der Waals surface area contributed by atoms with E-state index in [0.29, 0.717) is 13.1 Å². The summed E-state index contributed by atoms with van der Waals surface area (Å²) in [5.74, 6) is 0.682. The first kappa shape index (κ1) is 22.0. The minimum absolute atomic E-state index is 0.0919. The highest BCUT2D eigenvalue weighted by atomic mass is 16.5. The van der Waals surface area contributed by atoms with E-state index in [4.69, 9.17) is 9.84 Å². The number of nitrogens with zero attached hydrogens (tertiary/aromatic N) is 4. The number of ether oxygens (including phenoxy) is 1. The van der Waals surface area contributed by atoms with Gasteiger partial charge in [-0.15, -0.1) is 0 Å². The molecular weight excluding hydrogens is 412 g/mol. The lowest BCUT2D eigenvalue weighted by Gasteiger charge is -2.15. The predicted molar refractivity (Wildman–Crippen MR) is 130 cm³/mol. The number of amides is 1. The number of methoxy groups -OCH3 is 1. The summed E-state index contributed by atoms with van der Waals surface area (Å²) in [6, 6.07) is 21.7. The average Bonchev–Trinajstić information content (AvgIpc) is 3.26.